The van der Waals surface area contributed by atoms with Crippen LogP contribution < -0.4 is 4.74 Å². The standard InChI is InChI=1S/C45H28N2O/c1-2-13-29(14-3-1)30-25-27-31(28-26-30)43-34-16-5-9-22-39(34)46-44(47-43)35-18-12-17-33-32-15-4-6-19-36(32)45(42(33)35)37-20-7-10-23-40(37)48-41-24-11-8-21-38(41)45/h1-28H. The van der Waals surface area contributed by atoms with Gasteiger partial charge in [-0.15, -0.1) is 0 Å². The predicted octanol–water partition coefficient (Wildman–Crippen LogP) is 11.1. The number of aromatic nitrogens is 2. The second kappa shape index (κ2) is 10.3. The van der Waals surface area contributed by atoms with E-state index in [1.165, 1.54) is 33.4 Å². The first-order valence-corrected chi connectivity index (χ1v) is 16.3. The fourth-order valence-electron chi connectivity index (χ4n) is 7.97. The number of fused-ring (bicyclic) bond motifs is 10. The zero-order chi connectivity index (χ0) is 31.7. The molecule has 10 rings (SSSR count). The van der Waals surface area contributed by atoms with Gasteiger partial charge in [-0.2, -0.15) is 0 Å². The van der Waals surface area contributed by atoms with Gasteiger partial charge >= 0.3 is 0 Å². The summed E-state index contributed by atoms with van der Waals surface area (Å²) in [6.07, 6.45) is 0. The quantitative estimate of drug-likeness (QED) is 0.199. The first-order chi connectivity index (χ1) is 23.8. The molecule has 8 aromatic rings. The minimum atomic E-state index is -0.611. The van der Waals surface area contributed by atoms with Crippen molar-refractivity contribution in [1.82, 2.24) is 9.97 Å². The number of rotatable bonds is 3. The van der Waals surface area contributed by atoms with E-state index in [9.17, 15) is 0 Å². The van der Waals surface area contributed by atoms with Crippen molar-refractivity contribution in [3.63, 3.8) is 0 Å². The van der Waals surface area contributed by atoms with E-state index in [1.807, 2.05) is 6.07 Å². The molecule has 0 bridgehead atoms. The molecular weight excluding hydrogens is 585 g/mol. The molecule has 0 N–H and O–H groups in total. The van der Waals surface area contributed by atoms with Crippen molar-refractivity contribution < 1.29 is 4.74 Å². The third-order valence-electron chi connectivity index (χ3n) is 9.97. The monoisotopic (exact) mass is 612 g/mol. The van der Waals surface area contributed by atoms with E-state index in [0.717, 1.165) is 50.3 Å². The minimum Gasteiger partial charge on any atom is -0.457 e. The van der Waals surface area contributed by atoms with Crippen LogP contribution in [-0.2, 0) is 5.41 Å². The second-order valence-electron chi connectivity index (χ2n) is 12.5. The molecule has 0 saturated heterocycles. The van der Waals surface area contributed by atoms with E-state index in [4.69, 9.17) is 14.7 Å². The number of nitrogens with zero attached hydrogens (tertiary/aromatic N) is 2. The first-order valence-electron chi connectivity index (χ1n) is 16.3. The molecule has 0 radical (unpaired) electrons. The molecule has 3 nitrogen and oxygen atoms in total. The summed E-state index contributed by atoms with van der Waals surface area (Å²) in [4.78, 5) is 10.7. The summed E-state index contributed by atoms with van der Waals surface area (Å²) < 4.78 is 6.58. The molecule has 0 atom stereocenters. The van der Waals surface area contributed by atoms with Gasteiger partial charge in [0, 0.05) is 27.6 Å². The Labute approximate surface area is 278 Å². The summed E-state index contributed by atoms with van der Waals surface area (Å²) in [5.41, 5.74) is 12.8. The molecule has 1 aliphatic carbocycles. The Morgan fingerprint density at radius 3 is 1.73 bits per heavy atom. The second-order valence-corrected chi connectivity index (χ2v) is 12.5. The minimum absolute atomic E-state index is 0.611. The van der Waals surface area contributed by atoms with Crippen LogP contribution in [0.1, 0.15) is 22.3 Å². The highest BCUT2D eigenvalue weighted by Gasteiger charge is 2.52. The fourth-order valence-corrected chi connectivity index (χ4v) is 7.97. The highest BCUT2D eigenvalue weighted by molar-refractivity contribution is 5.97. The maximum atomic E-state index is 6.58. The van der Waals surface area contributed by atoms with Gasteiger partial charge in [0.25, 0.3) is 0 Å². The number of para-hydroxylation sites is 3. The van der Waals surface area contributed by atoms with Gasteiger partial charge in [-0.05, 0) is 51.6 Å². The molecular formula is C45H28N2O. The van der Waals surface area contributed by atoms with E-state index >= 15 is 0 Å². The van der Waals surface area contributed by atoms with Crippen LogP contribution >= 0.6 is 0 Å². The molecule has 0 amide bonds. The van der Waals surface area contributed by atoms with E-state index in [2.05, 4.69) is 164 Å². The molecule has 2 heterocycles. The molecule has 1 spiro atoms. The van der Waals surface area contributed by atoms with E-state index in [0.29, 0.717) is 5.82 Å². The van der Waals surface area contributed by atoms with E-state index in [1.54, 1.807) is 0 Å². The molecule has 7 aromatic carbocycles. The SMILES string of the molecule is c1ccc(-c2ccc(-c3nc(-c4cccc5c4C4(c6ccccc6Oc6ccccc64)c4ccccc4-5)nc4ccccc34)cc2)cc1. The molecule has 0 saturated carbocycles. The van der Waals surface area contributed by atoms with Gasteiger partial charge < -0.3 is 4.74 Å². The topological polar surface area (TPSA) is 35.0 Å². The van der Waals surface area contributed by atoms with Gasteiger partial charge in [0.1, 0.15) is 11.5 Å². The van der Waals surface area contributed by atoms with Crippen LogP contribution in [0.2, 0.25) is 0 Å². The summed E-state index contributed by atoms with van der Waals surface area (Å²) in [5.74, 6) is 2.45. The Bertz CT molecular complexity index is 2490. The van der Waals surface area contributed by atoms with Gasteiger partial charge in [-0.3, -0.25) is 0 Å². The van der Waals surface area contributed by atoms with Crippen molar-refractivity contribution in [3.05, 3.63) is 192 Å². The molecule has 0 unspecified atom stereocenters. The maximum Gasteiger partial charge on any atom is 0.160 e. The van der Waals surface area contributed by atoms with Crippen LogP contribution in [0.25, 0.3) is 55.8 Å². The van der Waals surface area contributed by atoms with Crippen LogP contribution in [0.4, 0.5) is 0 Å². The largest absolute Gasteiger partial charge is 0.457 e. The normalized spacial score (nSPS) is 13.3. The summed E-state index contributed by atoms with van der Waals surface area (Å²) in [7, 11) is 0. The predicted molar refractivity (Wildman–Crippen MR) is 193 cm³/mol. The maximum absolute atomic E-state index is 6.58. The molecule has 2 aliphatic rings. The van der Waals surface area contributed by atoms with Crippen LogP contribution in [0, 0.1) is 0 Å². The van der Waals surface area contributed by atoms with Gasteiger partial charge in [0.2, 0.25) is 0 Å². The van der Waals surface area contributed by atoms with Crippen LogP contribution in [0.5, 0.6) is 11.5 Å². The molecule has 3 heteroatoms. The molecule has 1 aliphatic heterocycles. The van der Waals surface area contributed by atoms with Crippen molar-refractivity contribution in [3.8, 4) is 56.4 Å². The Hall–Kier alpha value is -6.32. The van der Waals surface area contributed by atoms with Crippen molar-refractivity contribution in [2.45, 2.75) is 5.41 Å². The Morgan fingerprint density at radius 1 is 0.396 bits per heavy atom. The van der Waals surface area contributed by atoms with Crippen molar-refractivity contribution in [2.75, 3.05) is 0 Å². The number of ether oxygens (including phenoxy) is 1. The fraction of sp³-hybridized carbons (Fsp3) is 0.0222. The van der Waals surface area contributed by atoms with Gasteiger partial charge in [0.05, 0.1) is 16.6 Å². The average molecular weight is 613 g/mol. The summed E-state index contributed by atoms with van der Waals surface area (Å²) in [5, 5.41) is 1.03. The molecule has 0 fully saturated rings. The molecule has 48 heavy (non-hydrogen) atoms. The van der Waals surface area contributed by atoms with Gasteiger partial charge in [-0.25, -0.2) is 9.97 Å². The lowest BCUT2D eigenvalue weighted by atomic mass is 9.65. The Kier molecular flexibility index (Phi) is 5.79. The lowest BCUT2D eigenvalue weighted by molar-refractivity contribution is 0.436. The van der Waals surface area contributed by atoms with Crippen molar-refractivity contribution in [2.24, 2.45) is 0 Å². The van der Waals surface area contributed by atoms with E-state index in [-0.39, 0.29) is 0 Å². The molecule has 1 aromatic heterocycles. The van der Waals surface area contributed by atoms with Crippen LogP contribution in [-0.4, -0.2) is 9.97 Å². The number of hydrogen-bond donors (Lipinski definition) is 0. The summed E-state index contributed by atoms with van der Waals surface area (Å²) >= 11 is 0. The number of benzene rings is 7. The smallest absolute Gasteiger partial charge is 0.160 e. The van der Waals surface area contributed by atoms with Crippen LogP contribution in [0.15, 0.2) is 170 Å². The third kappa shape index (κ3) is 3.76. The highest BCUT2D eigenvalue weighted by atomic mass is 16.5. The Balaban J connectivity index is 1.26. The van der Waals surface area contributed by atoms with Gasteiger partial charge in [0.15, 0.2) is 5.82 Å². The highest BCUT2D eigenvalue weighted by Crippen LogP contribution is 2.63. The summed E-state index contributed by atoms with van der Waals surface area (Å²) in [6, 6.07) is 59.9. The number of hydrogen-bond acceptors (Lipinski definition) is 3. The van der Waals surface area contributed by atoms with Crippen LogP contribution in [0.3, 0.4) is 0 Å². The third-order valence-corrected chi connectivity index (χ3v) is 9.97. The summed E-state index contributed by atoms with van der Waals surface area (Å²) in [6.45, 7) is 0. The van der Waals surface area contributed by atoms with Crippen molar-refractivity contribution >= 4 is 10.9 Å². The molecule has 224 valence electrons. The Morgan fingerprint density at radius 2 is 0.958 bits per heavy atom. The lowest BCUT2D eigenvalue weighted by Crippen LogP contribution is -2.32. The zero-order valence-electron chi connectivity index (χ0n) is 26.0. The zero-order valence-corrected chi connectivity index (χ0v) is 26.0. The van der Waals surface area contributed by atoms with Gasteiger partial charge in [-0.1, -0.05) is 152 Å². The lowest BCUT2D eigenvalue weighted by Gasteiger charge is -2.40. The van der Waals surface area contributed by atoms with E-state index < -0.39 is 5.41 Å². The average Bonchev–Trinajstić information content (AvgIpc) is 3.46. The first kappa shape index (κ1) is 26.9. The van der Waals surface area contributed by atoms with Crippen molar-refractivity contribution in [1.29, 1.82) is 0 Å².